The van der Waals surface area contributed by atoms with E-state index in [4.69, 9.17) is 4.52 Å². The molecule has 0 radical (unpaired) electrons. The fourth-order valence-corrected chi connectivity index (χ4v) is 4.94. The van der Waals surface area contributed by atoms with E-state index in [2.05, 4.69) is 15.4 Å². The first-order valence-electron chi connectivity index (χ1n) is 11.5. The molecule has 0 spiro atoms. The van der Waals surface area contributed by atoms with Crippen LogP contribution in [0.4, 0.5) is 8.78 Å². The fraction of sp³-hybridized carbons (Fsp3) is 0.542. The lowest BCUT2D eigenvalue weighted by atomic mass is 9.89. The molecule has 178 valence electrons. The lowest BCUT2D eigenvalue weighted by molar-refractivity contribution is -0.135. The van der Waals surface area contributed by atoms with Crippen molar-refractivity contribution < 1.29 is 22.9 Å². The van der Waals surface area contributed by atoms with Crippen molar-refractivity contribution in [3.05, 3.63) is 41.6 Å². The Balaban J connectivity index is 1.44. The zero-order valence-electron chi connectivity index (χ0n) is 19.0. The largest absolute Gasteiger partial charge is 0.355 e. The quantitative estimate of drug-likeness (QED) is 0.716. The molecule has 1 N–H and O–H groups in total. The molecule has 1 aromatic heterocycles. The number of hydrogen-bond acceptors (Lipinski definition) is 5. The van der Waals surface area contributed by atoms with E-state index in [0.29, 0.717) is 18.9 Å². The first-order chi connectivity index (χ1) is 15.8. The highest BCUT2D eigenvalue weighted by atomic mass is 19.1. The number of rotatable bonds is 6. The number of likely N-dealkylation sites (tertiary alicyclic amines) is 1. The molecule has 0 bridgehead atoms. The van der Waals surface area contributed by atoms with Crippen molar-refractivity contribution in [2.24, 2.45) is 11.8 Å². The number of piperidine rings is 1. The molecule has 2 aromatic rings. The summed E-state index contributed by atoms with van der Waals surface area (Å²) in [6.45, 7) is 2.40. The minimum absolute atomic E-state index is 0.0156. The Morgan fingerprint density at radius 1 is 1.18 bits per heavy atom. The first kappa shape index (κ1) is 23.4. The summed E-state index contributed by atoms with van der Waals surface area (Å²) in [6.07, 6.45) is 5.69. The average Bonchev–Trinajstić information content (AvgIpc) is 3.46. The maximum atomic E-state index is 14.0. The maximum Gasteiger partial charge on any atom is 0.273 e. The van der Waals surface area contributed by atoms with Crippen LogP contribution in [0.3, 0.4) is 0 Å². The molecule has 2 fully saturated rings. The van der Waals surface area contributed by atoms with E-state index in [0.717, 1.165) is 25.2 Å². The maximum absolute atomic E-state index is 14.0. The Labute approximate surface area is 192 Å². The molecule has 1 aliphatic carbocycles. The van der Waals surface area contributed by atoms with Gasteiger partial charge in [-0.25, -0.2) is 8.78 Å². The van der Waals surface area contributed by atoms with Gasteiger partial charge in [-0.15, -0.1) is 0 Å². The monoisotopic (exact) mass is 460 g/mol. The summed E-state index contributed by atoms with van der Waals surface area (Å²) >= 11 is 0. The van der Waals surface area contributed by atoms with Crippen LogP contribution >= 0.6 is 0 Å². The summed E-state index contributed by atoms with van der Waals surface area (Å²) in [5.41, 5.74) is 0.00185. The van der Waals surface area contributed by atoms with Crippen LogP contribution in [0.2, 0.25) is 0 Å². The summed E-state index contributed by atoms with van der Waals surface area (Å²) in [6, 6.07) is 4.07. The van der Waals surface area contributed by atoms with E-state index < -0.39 is 17.5 Å². The van der Waals surface area contributed by atoms with E-state index in [9.17, 15) is 18.4 Å². The molecule has 33 heavy (non-hydrogen) atoms. The number of carbonyl (C=O) groups is 2. The number of carbonyl (C=O) groups excluding carboxylic acids is 2. The highest BCUT2D eigenvalue weighted by Crippen LogP contribution is 2.28. The Morgan fingerprint density at radius 2 is 1.94 bits per heavy atom. The fourth-order valence-electron chi connectivity index (χ4n) is 4.94. The predicted octanol–water partition coefficient (Wildman–Crippen LogP) is 3.32. The van der Waals surface area contributed by atoms with Gasteiger partial charge in [0.15, 0.2) is 11.5 Å². The minimum Gasteiger partial charge on any atom is -0.355 e. The summed E-state index contributed by atoms with van der Waals surface area (Å²) in [5.74, 6) is -1.66. The molecular weight excluding hydrogens is 430 g/mol. The summed E-state index contributed by atoms with van der Waals surface area (Å²) in [7, 11) is 3.44. The number of nitrogens with zero attached hydrogens (tertiary/aromatic N) is 3. The molecule has 7 nitrogen and oxygen atoms in total. The molecule has 2 atom stereocenters. The molecule has 1 aromatic carbocycles. The third-order valence-corrected chi connectivity index (χ3v) is 6.70. The van der Waals surface area contributed by atoms with E-state index in [1.807, 2.05) is 0 Å². The standard InChI is InChI=1S/C24H30F2N4O3/c1-29(2)24(32)18-14-30(13-15-5-3-4-6-15)10-9-20(18)27-23(31)21-12-22(33-28-21)17-8-7-16(25)11-19(17)26/h7-8,11-12,15,18,20H,3-6,9-10,13-14H2,1-2H3,(H,27,31)/t18-,20-/m0/s1. The van der Waals surface area contributed by atoms with Crippen molar-refractivity contribution in [3.63, 3.8) is 0 Å². The number of aromatic nitrogens is 1. The van der Waals surface area contributed by atoms with Gasteiger partial charge in [0.1, 0.15) is 11.6 Å². The molecule has 2 heterocycles. The molecule has 1 aliphatic heterocycles. The highest BCUT2D eigenvalue weighted by molar-refractivity contribution is 5.94. The van der Waals surface area contributed by atoms with Crippen molar-refractivity contribution in [1.29, 1.82) is 0 Å². The van der Waals surface area contributed by atoms with Gasteiger partial charge in [0.05, 0.1) is 11.5 Å². The zero-order chi connectivity index (χ0) is 23.5. The second-order valence-electron chi connectivity index (χ2n) is 9.32. The topological polar surface area (TPSA) is 78.7 Å². The van der Waals surface area contributed by atoms with Crippen LogP contribution in [-0.2, 0) is 4.79 Å². The number of halogens is 2. The molecule has 2 amide bonds. The van der Waals surface area contributed by atoms with Gasteiger partial charge in [-0.2, -0.15) is 0 Å². The van der Waals surface area contributed by atoms with Gasteiger partial charge in [-0.1, -0.05) is 18.0 Å². The van der Waals surface area contributed by atoms with Gasteiger partial charge in [0, 0.05) is 51.9 Å². The SMILES string of the molecule is CN(C)C(=O)[C@H]1CN(CC2CCCC2)CC[C@@H]1NC(=O)c1cc(-c2ccc(F)cc2F)on1. The predicted molar refractivity (Wildman–Crippen MR) is 118 cm³/mol. The van der Waals surface area contributed by atoms with E-state index in [-0.39, 0.29) is 34.9 Å². The number of benzene rings is 1. The normalized spacial score (nSPS) is 21.8. The summed E-state index contributed by atoms with van der Waals surface area (Å²) in [4.78, 5) is 29.7. The van der Waals surface area contributed by atoms with E-state index in [1.54, 1.807) is 19.0 Å². The van der Waals surface area contributed by atoms with E-state index >= 15 is 0 Å². The van der Waals surface area contributed by atoms with Crippen LogP contribution in [-0.4, -0.2) is 66.5 Å². The van der Waals surface area contributed by atoms with Gasteiger partial charge in [-0.3, -0.25) is 9.59 Å². The van der Waals surface area contributed by atoms with Crippen molar-refractivity contribution in [3.8, 4) is 11.3 Å². The number of nitrogens with one attached hydrogen (secondary N) is 1. The van der Waals surface area contributed by atoms with Crippen LogP contribution in [0.15, 0.2) is 28.8 Å². The van der Waals surface area contributed by atoms with Crippen LogP contribution < -0.4 is 5.32 Å². The number of amides is 2. The molecule has 1 saturated heterocycles. The smallest absolute Gasteiger partial charge is 0.273 e. The lowest BCUT2D eigenvalue weighted by Crippen LogP contribution is -2.56. The third-order valence-electron chi connectivity index (χ3n) is 6.70. The number of hydrogen-bond donors (Lipinski definition) is 1. The molecule has 1 saturated carbocycles. The Bertz CT molecular complexity index is 1000. The summed E-state index contributed by atoms with van der Waals surface area (Å²) < 4.78 is 32.3. The second kappa shape index (κ2) is 9.99. The molecular formula is C24H30F2N4O3. The second-order valence-corrected chi connectivity index (χ2v) is 9.32. The van der Waals surface area contributed by atoms with Crippen molar-refractivity contribution >= 4 is 11.8 Å². The van der Waals surface area contributed by atoms with E-state index in [1.165, 1.54) is 37.8 Å². The Kier molecular flexibility index (Phi) is 7.07. The van der Waals surface area contributed by atoms with Gasteiger partial charge in [0.25, 0.3) is 5.91 Å². The van der Waals surface area contributed by atoms with Crippen LogP contribution in [0.1, 0.15) is 42.6 Å². The van der Waals surface area contributed by atoms with Crippen LogP contribution in [0.5, 0.6) is 0 Å². The van der Waals surface area contributed by atoms with Gasteiger partial charge < -0.3 is 19.6 Å². The van der Waals surface area contributed by atoms with Crippen molar-refractivity contribution in [1.82, 2.24) is 20.3 Å². The average molecular weight is 461 g/mol. The van der Waals surface area contributed by atoms with Gasteiger partial charge in [0.2, 0.25) is 5.91 Å². The van der Waals surface area contributed by atoms with Crippen LogP contribution in [0.25, 0.3) is 11.3 Å². The van der Waals surface area contributed by atoms with Gasteiger partial charge >= 0.3 is 0 Å². The van der Waals surface area contributed by atoms with Gasteiger partial charge in [-0.05, 0) is 37.3 Å². The summed E-state index contributed by atoms with van der Waals surface area (Å²) in [5, 5.41) is 6.69. The lowest BCUT2D eigenvalue weighted by Gasteiger charge is -2.39. The highest BCUT2D eigenvalue weighted by Gasteiger charge is 2.37. The zero-order valence-corrected chi connectivity index (χ0v) is 19.0. The molecule has 2 aliphatic rings. The molecule has 9 heteroatoms. The minimum atomic E-state index is -0.801. The first-order valence-corrected chi connectivity index (χ1v) is 11.5. The van der Waals surface area contributed by atoms with Crippen molar-refractivity contribution in [2.45, 2.75) is 38.1 Å². The van der Waals surface area contributed by atoms with Crippen molar-refractivity contribution in [2.75, 3.05) is 33.7 Å². The molecule has 0 unspecified atom stereocenters. The molecule has 4 rings (SSSR count). The van der Waals surface area contributed by atoms with Crippen LogP contribution in [0, 0.1) is 23.5 Å². The third kappa shape index (κ3) is 5.40. The Morgan fingerprint density at radius 3 is 2.64 bits per heavy atom. The Hall–Kier alpha value is -2.81.